The van der Waals surface area contributed by atoms with Gasteiger partial charge in [0.05, 0.1) is 5.41 Å². The van der Waals surface area contributed by atoms with Gasteiger partial charge in [0.2, 0.25) is 0 Å². The van der Waals surface area contributed by atoms with Crippen LogP contribution in [-0.4, -0.2) is 0 Å². The lowest BCUT2D eigenvalue weighted by atomic mass is 9.70. The van der Waals surface area contributed by atoms with Crippen molar-refractivity contribution in [3.63, 3.8) is 0 Å². The smallest absolute Gasteiger partial charge is 0.0725 e. The number of hydrogen-bond donors (Lipinski definition) is 0. The number of rotatable bonds is 1. The zero-order valence-corrected chi connectivity index (χ0v) is 23.6. The van der Waals surface area contributed by atoms with Gasteiger partial charge in [0.1, 0.15) is 0 Å². The summed E-state index contributed by atoms with van der Waals surface area (Å²) < 4.78 is 0. The fraction of sp³-hybridized carbons (Fsp3) is 0.0244. The van der Waals surface area contributed by atoms with Crippen molar-refractivity contribution < 1.29 is 0 Å². The second kappa shape index (κ2) is 8.12. The molecular weight excluding hydrogens is 525 g/mol. The third-order valence-electron chi connectivity index (χ3n) is 9.69. The van der Waals surface area contributed by atoms with Crippen LogP contribution in [0, 0.1) is 0 Å². The van der Waals surface area contributed by atoms with Crippen molar-refractivity contribution in [2.24, 2.45) is 0 Å². The van der Waals surface area contributed by atoms with Crippen LogP contribution in [0.2, 0.25) is 0 Å². The Hall–Kier alpha value is -4.85. The molecule has 7 aromatic carbocycles. The van der Waals surface area contributed by atoms with E-state index in [-0.39, 0.29) is 5.41 Å². The van der Waals surface area contributed by atoms with Crippen LogP contribution in [-0.2, 0) is 5.41 Å². The molecule has 0 nitrogen and oxygen atoms in total. The first-order chi connectivity index (χ1) is 20.8. The van der Waals surface area contributed by atoms with Crippen LogP contribution in [0.5, 0.6) is 0 Å². The van der Waals surface area contributed by atoms with E-state index in [1.165, 1.54) is 87.3 Å². The maximum atomic E-state index is 2.43. The van der Waals surface area contributed by atoms with Gasteiger partial charge < -0.3 is 0 Å². The highest BCUT2D eigenvalue weighted by Gasteiger charge is 2.51. The molecule has 1 spiro atoms. The molecule has 0 radical (unpaired) electrons. The van der Waals surface area contributed by atoms with E-state index < -0.39 is 0 Å². The summed E-state index contributed by atoms with van der Waals surface area (Å²) in [7, 11) is 0. The second-order valence-corrected chi connectivity index (χ2v) is 12.7. The summed E-state index contributed by atoms with van der Waals surface area (Å²) >= 11 is 1.90. The van der Waals surface area contributed by atoms with Crippen molar-refractivity contribution in [1.29, 1.82) is 0 Å². The number of benzene rings is 7. The Labute approximate surface area is 249 Å². The molecule has 7 aromatic rings. The van der Waals surface area contributed by atoms with Crippen LogP contribution in [0.15, 0.2) is 155 Å². The summed E-state index contributed by atoms with van der Waals surface area (Å²) in [6, 6.07) is 54.6. The predicted octanol–water partition coefficient (Wildman–Crippen LogP) is 11.0. The summed E-state index contributed by atoms with van der Waals surface area (Å²) in [5.74, 6) is 0. The average Bonchev–Trinajstić information content (AvgIpc) is 3.52. The van der Waals surface area contributed by atoms with Crippen LogP contribution >= 0.6 is 11.8 Å². The first-order valence-electron chi connectivity index (χ1n) is 14.6. The van der Waals surface area contributed by atoms with E-state index >= 15 is 0 Å². The molecule has 0 N–H and O–H groups in total. The monoisotopic (exact) mass is 548 g/mol. The zero-order chi connectivity index (χ0) is 27.4. The summed E-state index contributed by atoms with van der Waals surface area (Å²) in [4.78, 5) is 2.67. The van der Waals surface area contributed by atoms with Gasteiger partial charge in [-0.2, -0.15) is 0 Å². The Morgan fingerprint density at radius 2 is 0.952 bits per heavy atom. The molecule has 1 heterocycles. The molecule has 0 unspecified atom stereocenters. The number of fused-ring (bicyclic) bond motifs is 12. The fourth-order valence-electron chi connectivity index (χ4n) is 8.12. The highest BCUT2D eigenvalue weighted by atomic mass is 32.2. The van der Waals surface area contributed by atoms with Crippen LogP contribution in [0.3, 0.4) is 0 Å². The Balaban J connectivity index is 1.25. The van der Waals surface area contributed by atoms with Gasteiger partial charge in [-0.1, -0.05) is 145 Å². The van der Waals surface area contributed by atoms with Gasteiger partial charge in [0, 0.05) is 15.2 Å². The molecule has 0 aromatic heterocycles. The molecule has 0 bridgehead atoms. The second-order valence-electron chi connectivity index (χ2n) is 11.6. The lowest BCUT2D eigenvalue weighted by Crippen LogP contribution is -2.25. The average molecular weight is 549 g/mol. The molecular formula is C41H24S. The Bertz CT molecular complexity index is 2240. The van der Waals surface area contributed by atoms with Gasteiger partial charge >= 0.3 is 0 Å². The Morgan fingerprint density at radius 3 is 1.71 bits per heavy atom. The zero-order valence-electron chi connectivity index (χ0n) is 22.8. The fourth-order valence-corrected chi connectivity index (χ4v) is 9.30. The molecule has 2 aliphatic carbocycles. The van der Waals surface area contributed by atoms with Crippen molar-refractivity contribution in [3.8, 4) is 44.5 Å². The highest BCUT2D eigenvalue weighted by molar-refractivity contribution is 7.99. The van der Waals surface area contributed by atoms with E-state index in [4.69, 9.17) is 0 Å². The van der Waals surface area contributed by atoms with Crippen LogP contribution in [0.25, 0.3) is 55.3 Å². The first kappa shape index (κ1) is 22.8. The minimum atomic E-state index is -0.313. The predicted molar refractivity (Wildman–Crippen MR) is 175 cm³/mol. The lowest BCUT2D eigenvalue weighted by Gasteiger charge is -2.30. The van der Waals surface area contributed by atoms with Gasteiger partial charge in [-0.25, -0.2) is 0 Å². The topological polar surface area (TPSA) is 0 Å². The third kappa shape index (κ3) is 2.70. The van der Waals surface area contributed by atoms with E-state index in [2.05, 4.69) is 146 Å². The quantitative estimate of drug-likeness (QED) is 0.197. The van der Waals surface area contributed by atoms with Crippen LogP contribution in [0.1, 0.15) is 22.3 Å². The molecule has 0 saturated heterocycles. The van der Waals surface area contributed by atoms with E-state index in [1.807, 2.05) is 11.8 Å². The van der Waals surface area contributed by atoms with E-state index in [0.29, 0.717) is 0 Å². The molecule has 0 amide bonds. The van der Waals surface area contributed by atoms with Gasteiger partial charge in [0.25, 0.3) is 0 Å². The van der Waals surface area contributed by atoms with Crippen molar-refractivity contribution in [2.45, 2.75) is 15.2 Å². The minimum absolute atomic E-state index is 0.313. The van der Waals surface area contributed by atoms with Crippen LogP contribution in [0.4, 0.5) is 0 Å². The van der Waals surface area contributed by atoms with Gasteiger partial charge in [-0.05, 0) is 84.3 Å². The van der Waals surface area contributed by atoms with E-state index in [9.17, 15) is 0 Å². The molecule has 42 heavy (non-hydrogen) atoms. The van der Waals surface area contributed by atoms with Crippen molar-refractivity contribution in [3.05, 3.63) is 168 Å². The Kier molecular flexibility index (Phi) is 4.41. The molecule has 3 aliphatic rings. The molecule has 0 saturated carbocycles. The van der Waals surface area contributed by atoms with Gasteiger partial charge in [-0.15, -0.1) is 0 Å². The lowest BCUT2D eigenvalue weighted by molar-refractivity contribution is 0.794. The van der Waals surface area contributed by atoms with Crippen molar-refractivity contribution in [2.75, 3.05) is 0 Å². The largest absolute Gasteiger partial charge is 0.0888 e. The molecule has 1 aliphatic heterocycles. The molecule has 0 atom stereocenters. The van der Waals surface area contributed by atoms with Crippen molar-refractivity contribution >= 4 is 22.5 Å². The number of hydrogen-bond acceptors (Lipinski definition) is 1. The normalized spacial score (nSPS) is 14.3. The maximum absolute atomic E-state index is 2.43. The SMILES string of the molecule is c1ccc2c(c1)-c1ccccc1C21c2ccccc2-c2c(-c3ccc4c(c3)Sc3cccc5cccc-4c35)cccc21. The van der Waals surface area contributed by atoms with E-state index in [0.717, 1.165) is 0 Å². The first-order valence-corrected chi connectivity index (χ1v) is 15.4. The van der Waals surface area contributed by atoms with Crippen LogP contribution < -0.4 is 0 Å². The molecule has 10 rings (SSSR count). The van der Waals surface area contributed by atoms with E-state index in [1.54, 1.807) is 0 Å². The van der Waals surface area contributed by atoms with Gasteiger partial charge in [0.15, 0.2) is 0 Å². The highest BCUT2D eigenvalue weighted by Crippen LogP contribution is 2.64. The summed E-state index contributed by atoms with van der Waals surface area (Å²) in [5.41, 5.74) is 15.9. The minimum Gasteiger partial charge on any atom is -0.0888 e. The molecule has 194 valence electrons. The maximum Gasteiger partial charge on any atom is 0.0725 e. The molecule has 0 fully saturated rings. The molecule has 1 heteroatoms. The summed E-state index contributed by atoms with van der Waals surface area (Å²) in [6.07, 6.45) is 0. The Morgan fingerprint density at radius 1 is 0.381 bits per heavy atom. The third-order valence-corrected chi connectivity index (χ3v) is 10.8. The van der Waals surface area contributed by atoms with Gasteiger partial charge in [-0.3, -0.25) is 0 Å². The standard InChI is InChI=1S/C41H24S/c1-4-17-33-28(12-1)29-13-2-5-18-34(29)41(33)35-19-6-3-14-32(35)40-27(15-9-20-36(40)41)26-22-23-30-31-16-7-10-25-11-8-21-37(39(25)31)42-38(30)24-26/h1-24H. The summed E-state index contributed by atoms with van der Waals surface area (Å²) in [5, 5.41) is 2.69. The summed E-state index contributed by atoms with van der Waals surface area (Å²) in [6.45, 7) is 0. The van der Waals surface area contributed by atoms with Crippen molar-refractivity contribution in [1.82, 2.24) is 0 Å².